The van der Waals surface area contributed by atoms with Crippen LogP contribution in [0.15, 0.2) is 11.6 Å². The maximum Gasteiger partial charge on any atom is 0.331 e. The molecule has 4 saturated carbocycles. The van der Waals surface area contributed by atoms with Crippen molar-refractivity contribution in [3.63, 3.8) is 0 Å². The molecule has 5 N–H and O–H groups in total. The molecule has 13 atom stereocenters. The monoisotopic (exact) mass is 580 g/mol. The predicted octanol–water partition coefficient (Wildman–Crippen LogP) is 0.724. The van der Waals surface area contributed by atoms with Crippen LogP contribution >= 0.6 is 0 Å². The normalized spacial score (nSPS) is 54.9. The highest BCUT2D eigenvalue weighted by molar-refractivity contribution is 5.85. The van der Waals surface area contributed by atoms with Gasteiger partial charge in [-0.25, -0.2) is 4.79 Å². The molecule has 0 aromatic carbocycles. The fourth-order valence-corrected chi connectivity index (χ4v) is 10.1. The number of aldehydes is 1. The van der Waals surface area contributed by atoms with Gasteiger partial charge in [-0.15, -0.1) is 0 Å². The van der Waals surface area contributed by atoms with Crippen molar-refractivity contribution < 1.29 is 54.1 Å². The summed E-state index contributed by atoms with van der Waals surface area (Å²) in [5.74, 6) is -3.35. The number of aliphatic hydroxyl groups is 5. The number of methoxy groups -OCH3 is 1. The van der Waals surface area contributed by atoms with Crippen LogP contribution in [0.5, 0.6) is 0 Å². The molecule has 0 aromatic rings. The quantitative estimate of drug-likeness (QED) is 0.134. The van der Waals surface area contributed by atoms with E-state index in [-0.39, 0.29) is 57.0 Å². The average molecular weight is 581 g/mol. The van der Waals surface area contributed by atoms with Crippen LogP contribution < -0.4 is 0 Å². The van der Waals surface area contributed by atoms with E-state index in [9.17, 15) is 35.1 Å². The van der Waals surface area contributed by atoms with E-state index in [1.807, 2.05) is 6.92 Å². The third kappa shape index (κ3) is 4.14. The van der Waals surface area contributed by atoms with Crippen molar-refractivity contribution in [1.29, 1.82) is 0 Å². The van der Waals surface area contributed by atoms with E-state index in [4.69, 9.17) is 18.9 Å². The van der Waals surface area contributed by atoms with Crippen molar-refractivity contribution >= 4 is 12.3 Å². The Balaban J connectivity index is 1.25. The highest BCUT2D eigenvalue weighted by Crippen LogP contribution is 2.70. The lowest BCUT2D eigenvalue weighted by molar-refractivity contribution is -0.363. The van der Waals surface area contributed by atoms with Crippen LogP contribution in [0.25, 0.3) is 0 Å². The zero-order valence-corrected chi connectivity index (χ0v) is 24.0. The zero-order chi connectivity index (χ0) is 29.6. The SMILES string of the molecule is CO[C@@H]1C[C@H](O[C@@]2(O)CC[C@]3(C=O)[C@H]4CC[C@]5(C)[C@H](C6=CC(=O)OC6)[C@@H](O)C[C@]5(O)[C@@H]4CC[C@]3(O)C2)O[C@H](C)[C@@H]1O. The van der Waals surface area contributed by atoms with Crippen LogP contribution in [-0.4, -0.2) is 99.2 Å². The molecule has 41 heavy (non-hydrogen) atoms. The maximum atomic E-state index is 13.0. The summed E-state index contributed by atoms with van der Waals surface area (Å²) in [6.07, 6.45) is 0.585. The highest BCUT2D eigenvalue weighted by atomic mass is 16.7. The summed E-state index contributed by atoms with van der Waals surface area (Å²) < 4.78 is 22.3. The van der Waals surface area contributed by atoms with Crippen LogP contribution in [-0.2, 0) is 28.5 Å². The highest BCUT2D eigenvalue weighted by Gasteiger charge is 2.74. The van der Waals surface area contributed by atoms with Crippen molar-refractivity contribution in [3.05, 3.63) is 11.6 Å². The Hall–Kier alpha value is -1.44. The number of rotatable bonds is 5. The molecule has 0 spiro atoms. The lowest BCUT2D eigenvalue weighted by Crippen LogP contribution is -2.70. The van der Waals surface area contributed by atoms with Crippen molar-refractivity contribution in [3.8, 4) is 0 Å². The van der Waals surface area contributed by atoms with Gasteiger partial charge in [-0.3, -0.25) is 0 Å². The van der Waals surface area contributed by atoms with Crippen molar-refractivity contribution in [2.75, 3.05) is 13.7 Å². The van der Waals surface area contributed by atoms with E-state index in [0.717, 1.165) is 6.29 Å². The van der Waals surface area contributed by atoms with E-state index < -0.39 is 70.4 Å². The fourth-order valence-electron chi connectivity index (χ4n) is 10.1. The summed E-state index contributed by atoms with van der Waals surface area (Å²) in [5, 5.41) is 57.7. The Bertz CT molecular complexity index is 1110. The van der Waals surface area contributed by atoms with Gasteiger partial charge in [0.25, 0.3) is 0 Å². The Morgan fingerprint density at radius 1 is 1.07 bits per heavy atom. The van der Waals surface area contributed by atoms with Crippen molar-refractivity contribution in [2.45, 2.75) is 119 Å². The third-order valence-corrected chi connectivity index (χ3v) is 12.2. The lowest BCUT2D eigenvalue weighted by Gasteiger charge is -2.65. The van der Waals surface area contributed by atoms with Gasteiger partial charge in [0.1, 0.15) is 19.0 Å². The van der Waals surface area contributed by atoms with Gasteiger partial charge in [0.05, 0.1) is 34.9 Å². The molecular formula is C30H44O11. The topological polar surface area (TPSA) is 172 Å². The summed E-state index contributed by atoms with van der Waals surface area (Å²) in [4.78, 5) is 24.9. The average Bonchev–Trinajstić information content (AvgIpc) is 3.41. The second-order valence-corrected chi connectivity index (χ2v) is 13.9. The molecule has 0 aromatic heterocycles. The third-order valence-electron chi connectivity index (χ3n) is 12.2. The fraction of sp³-hybridized carbons (Fsp3) is 0.867. The molecule has 2 heterocycles. The molecule has 230 valence electrons. The number of cyclic esters (lactones) is 1. The van der Waals surface area contributed by atoms with Gasteiger partial charge in [-0.2, -0.15) is 0 Å². The molecule has 5 fully saturated rings. The Morgan fingerprint density at radius 2 is 1.80 bits per heavy atom. The number of hydrogen-bond acceptors (Lipinski definition) is 11. The van der Waals surface area contributed by atoms with E-state index in [2.05, 4.69) is 0 Å². The number of aliphatic hydroxyl groups excluding tert-OH is 2. The van der Waals surface area contributed by atoms with Gasteiger partial charge in [0.2, 0.25) is 0 Å². The standard InChI is InChI=1S/C30H44O11/c1-16-25(34)21(38-3)11-23(40-16)41-29(36)9-8-27(15-31)18-4-6-26(2)24(17-10-22(33)39-13-17)20(32)12-30(26,37)19(18)5-7-28(27,35)14-29/h10,15-16,18-21,23-25,32,34-37H,4-9,11-14H2,1-3H3/t16-,18+,19-,20+,21-,23+,24-,25+,26-,27+,28+,29+,30+/m1/s1. The van der Waals surface area contributed by atoms with E-state index >= 15 is 0 Å². The zero-order valence-electron chi connectivity index (χ0n) is 24.0. The molecule has 2 aliphatic heterocycles. The number of carbonyl (C=O) groups is 2. The van der Waals surface area contributed by atoms with Crippen molar-refractivity contribution in [1.82, 2.24) is 0 Å². The van der Waals surface area contributed by atoms with Gasteiger partial charge in [0.15, 0.2) is 12.1 Å². The van der Waals surface area contributed by atoms with Gasteiger partial charge in [0, 0.05) is 50.2 Å². The van der Waals surface area contributed by atoms with Crippen LogP contribution in [0.3, 0.4) is 0 Å². The lowest BCUT2D eigenvalue weighted by atomic mass is 9.41. The van der Waals surface area contributed by atoms with Crippen molar-refractivity contribution in [2.24, 2.45) is 28.6 Å². The summed E-state index contributed by atoms with van der Waals surface area (Å²) in [6, 6.07) is 0. The van der Waals surface area contributed by atoms with Gasteiger partial charge >= 0.3 is 5.97 Å². The molecule has 6 rings (SSSR count). The van der Waals surface area contributed by atoms with Gasteiger partial charge in [-0.05, 0) is 56.4 Å². The molecule has 0 amide bonds. The minimum absolute atomic E-state index is 0.0823. The van der Waals surface area contributed by atoms with Crippen LogP contribution in [0.1, 0.15) is 71.6 Å². The summed E-state index contributed by atoms with van der Waals surface area (Å²) in [7, 11) is 1.49. The molecule has 11 nitrogen and oxygen atoms in total. The predicted molar refractivity (Wildman–Crippen MR) is 141 cm³/mol. The summed E-state index contributed by atoms with van der Waals surface area (Å²) in [6.45, 7) is 3.76. The first kappa shape index (κ1) is 29.6. The number of ether oxygens (including phenoxy) is 4. The number of hydrogen-bond donors (Lipinski definition) is 5. The smallest absolute Gasteiger partial charge is 0.331 e. The Kier molecular flexibility index (Phi) is 7.07. The minimum Gasteiger partial charge on any atom is -0.458 e. The molecule has 0 unspecified atom stereocenters. The van der Waals surface area contributed by atoms with Gasteiger partial charge < -0.3 is 49.3 Å². The summed E-state index contributed by atoms with van der Waals surface area (Å²) >= 11 is 0. The molecule has 0 radical (unpaired) electrons. The Labute approximate surface area is 239 Å². The van der Waals surface area contributed by atoms with E-state index in [1.165, 1.54) is 13.2 Å². The largest absolute Gasteiger partial charge is 0.458 e. The maximum absolute atomic E-state index is 13.0. The molecule has 1 saturated heterocycles. The minimum atomic E-state index is -1.75. The first-order valence-corrected chi connectivity index (χ1v) is 15.0. The second-order valence-electron chi connectivity index (χ2n) is 13.9. The molecule has 11 heteroatoms. The first-order chi connectivity index (χ1) is 19.2. The Morgan fingerprint density at radius 3 is 2.46 bits per heavy atom. The molecule has 4 aliphatic carbocycles. The molecule has 6 aliphatic rings. The van der Waals surface area contributed by atoms with E-state index in [1.54, 1.807) is 6.92 Å². The number of esters is 1. The number of carbonyl (C=O) groups excluding carboxylic acids is 2. The first-order valence-electron chi connectivity index (χ1n) is 15.0. The van der Waals surface area contributed by atoms with Crippen LogP contribution in [0.2, 0.25) is 0 Å². The summed E-state index contributed by atoms with van der Waals surface area (Å²) in [5.41, 5.74) is -4.13. The van der Waals surface area contributed by atoms with Crippen LogP contribution in [0, 0.1) is 28.6 Å². The van der Waals surface area contributed by atoms with Crippen LogP contribution in [0.4, 0.5) is 0 Å². The molecular weight excluding hydrogens is 536 g/mol. The number of fused-ring (bicyclic) bond motifs is 5. The molecule has 0 bridgehead atoms. The van der Waals surface area contributed by atoms with E-state index in [0.29, 0.717) is 24.8 Å². The second kappa shape index (κ2) is 9.79. The van der Waals surface area contributed by atoms with Gasteiger partial charge in [-0.1, -0.05) is 6.92 Å².